The zero-order valence-corrected chi connectivity index (χ0v) is 12.6. The van der Waals surface area contributed by atoms with Gasteiger partial charge in [0.2, 0.25) is 5.82 Å². The molecule has 0 aliphatic heterocycles. The van der Waals surface area contributed by atoms with Gasteiger partial charge >= 0.3 is 0 Å². The number of H-pyrrole nitrogens is 1. The molecule has 0 saturated heterocycles. The number of nitrogens with zero attached hydrogens (tertiary/aromatic N) is 5. The maximum atomic E-state index is 9.18. The number of aromatic amines is 1. The number of hydrogen-bond donors (Lipinski definition) is 3. The highest BCUT2D eigenvalue weighted by Gasteiger charge is 2.10. The highest BCUT2D eigenvalue weighted by molar-refractivity contribution is 7.13. The number of thiazole rings is 1. The van der Waals surface area contributed by atoms with Gasteiger partial charge in [-0.25, -0.2) is 4.98 Å². The van der Waals surface area contributed by atoms with Gasteiger partial charge in [-0.3, -0.25) is 0 Å². The minimum Gasteiger partial charge on any atom is -0.390 e. The molecule has 0 amide bonds. The summed E-state index contributed by atoms with van der Waals surface area (Å²) in [6.07, 6.45) is 1.52. The Balaban J connectivity index is 1.91. The summed E-state index contributed by atoms with van der Waals surface area (Å²) in [7, 11) is 0. The molecular formula is C14H11N7OS. The van der Waals surface area contributed by atoms with Gasteiger partial charge < -0.3 is 10.4 Å². The van der Waals surface area contributed by atoms with E-state index in [0.717, 1.165) is 16.3 Å². The van der Waals surface area contributed by atoms with E-state index in [1.807, 2.05) is 35.7 Å². The minimum absolute atomic E-state index is 0.0948. The lowest BCUT2D eigenvalue weighted by molar-refractivity contribution is 0.278. The molecule has 0 fully saturated rings. The first-order valence-corrected chi connectivity index (χ1v) is 7.45. The summed E-state index contributed by atoms with van der Waals surface area (Å²) in [6, 6.07) is 9.57. The molecule has 1 aromatic carbocycles. The van der Waals surface area contributed by atoms with Crippen LogP contribution in [0.3, 0.4) is 0 Å². The average Bonchev–Trinajstić information content (AvgIpc) is 3.27. The van der Waals surface area contributed by atoms with E-state index in [2.05, 4.69) is 30.9 Å². The van der Waals surface area contributed by atoms with Crippen molar-refractivity contribution in [3.63, 3.8) is 0 Å². The SMILES string of the molecule is N#CC(=CNc1ccccc1-c1nc(CO)cs1)c1nn[nH]n1. The molecule has 0 saturated carbocycles. The molecule has 3 rings (SSSR count). The van der Waals surface area contributed by atoms with Crippen LogP contribution in [0, 0.1) is 11.3 Å². The molecule has 23 heavy (non-hydrogen) atoms. The number of para-hydroxylation sites is 1. The van der Waals surface area contributed by atoms with Crippen molar-refractivity contribution >= 4 is 22.6 Å². The van der Waals surface area contributed by atoms with Crippen LogP contribution in [0.25, 0.3) is 16.1 Å². The van der Waals surface area contributed by atoms with E-state index in [1.165, 1.54) is 17.5 Å². The van der Waals surface area contributed by atoms with E-state index >= 15 is 0 Å². The van der Waals surface area contributed by atoms with E-state index in [1.54, 1.807) is 0 Å². The third-order valence-corrected chi connectivity index (χ3v) is 3.87. The molecule has 2 aromatic heterocycles. The van der Waals surface area contributed by atoms with Crippen LogP contribution in [0.1, 0.15) is 11.5 Å². The van der Waals surface area contributed by atoms with Crippen LogP contribution >= 0.6 is 11.3 Å². The number of nitrogens with one attached hydrogen (secondary N) is 2. The van der Waals surface area contributed by atoms with Crippen LogP contribution in [0.4, 0.5) is 5.69 Å². The summed E-state index contributed by atoms with van der Waals surface area (Å²) in [5, 5.41) is 37.3. The van der Waals surface area contributed by atoms with Gasteiger partial charge in [-0.05, 0) is 17.3 Å². The van der Waals surface area contributed by atoms with Crippen LogP contribution in [0.2, 0.25) is 0 Å². The molecule has 8 nitrogen and oxygen atoms in total. The monoisotopic (exact) mass is 325 g/mol. The number of nitriles is 1. The summed E-state index contributed by atoms with van der Waals surface area (Å²) in [4.78, 5) is 4.36. The van der Waals surface area contributed by atoms with Crippen molar-refractivity contribution in [1.82, 2.24) is 25.6 Å². The van der Waals surface area contributed by atoms with Crippen molar-refractivity contribution in [2.75, 3.05) is 5.32 Å². The van der Waals surface area contributed by atoms with Crippen molar-refractivity contribution in [1.29, 1.82) is 5.26 Å². The predicted molar refractivity (Wildman–Crippen MR) is 84.9 cm³/mol. The summed E-state index contributed by atoms with van der Waals surface area (Å²) in [6.45, 7) is -0.0948. The van der Waals surface area contributed by atoms with Crippen molar-refractivity contribution in [3.05, 3.63) is 47.4 Å². The van der Waals surface area contributed by atoms with Crippen LogP contribution in [-0.4, -0.2) is 30.7 Å². The molecule has 3 aromatic rings. The van der Waals surface area contributed by atoms with Gasteiger partial charge in [-0.2, -0.15) is 10.5 Å². The quantitative estimate of drug-likeness (QED) is 0.611. The standard InChI is InChI=1S/C14H11N7OS/c15-5-9(13-18-20-21-19-13)6-16-12-4-2-1-3-11(12)14-17-10(7-22)8-23-14/h1-4,6,8,16,22H,7H2,(H,18,19,20,21). The molecule has 3 N–H and O–H groups in total. The van der Waals surface area contributed by atoms with Gasteiger partial charge in [0.15, 0.2) is 0 Å². The molecule has 9 heteroatoms. The lowest BCUT2D eigenvalue weighted by atomic mass is 10.2. The van der Waals surface area contributed by atoms with E-state index in [4.69, 9.17) is 5.11 Å². The van der Waals surface area contributed by atoms with Gasteiger partial charge in [-0.15, -0.1) is 21.5 Å². The molecule has 0 aliphatic rings. The van der Waals surface area contributed by atoms with E-state index < -0.39 is 0 Å². The maximum Gasteiger partial charge on any atom is 0.216 e. The molecule has 114 valence electrons. The van der Waals surface area contributed by atoms with Crippen LogP contribution in [0.15, 0.2) is 35.8 Å². The van der Waals surface area contributed by atoms with E-state index in [0.29, 0.717) is 5.69 Å². The second-order valence-electron chi connectivity index (χ2n) is 4.40. The molecule has 0 aliphatic carbocycles. The fourth-order valence-electron chi connectivity index (χ4n) is 1.87. The molecule has 0 unspecified atom stereocenters. The first-order valence-electron chi connectivity index (χ1n) is 6.57. The second-order valence-corrected chi connectivity index (χ2v) is 5.26. The van der Waals surface area contributed by atoms with E-state index in [9.17, 15) is 5.26 Å². The number of aliphatic hydroxyl groups is 1. The molecule has 0 atom stereocenters. The summed E-state index contributed by atoms with van der Waals surface area (Å²) >= 11 is 1.44. The average molecular weight is 325 g/mol. The van der Waals surface area contributed by atoms with Crippen molar-refractivity contribution < 1.29 is 5.11 Å². The van der Waals surface area contributed by atoms with Crippen LogP contribution in [0.5, 0.6) is 0 Å². The van der Waals surface area contributed by atoms with Gasteiger partial charge in [0, 0.05) is 22.8 Å². The summed E-state index contributed by atoms with van der Waals surface area (Å²) < 4.78 is 0. The van der Waals surface area contributed by atoms with Crippen molar-refractivity contribution in [2.45, 2.75) is 6.61 Å². The molecule has 0 radical (unpaired) electrons. The summed E-state index contributed by atoms with van der Waals surface area (Å²) in [5.41, 5.74) is 2.53. The van der Waals surface area contributed by atoms with Crippen LogP contribution in [-0.2, 0) is 6.61 Å². The highest BCUT2D eigenvalue weighted by atomic mass is 32.1. The Morgan fingerprint density at radius 2 is 2.30 bits per heavy atom. The Bertz CT molecular complexity index is 863. The lowest BCUT2D eigenvalue weighted by Gasteiger charge is -2.06. The Kier molecular flexibility index (Phi) is 4.37. The van der Waals surface area contributed by atoms with Crippen molar-refractivity contribution in [2.24, 2.45) is 0 Å². The Hall–Kier alpha value is -3.09. The largest absolute Gasteiger partial charge is 0.390 e. The molecule has 0 bridgehead atoms. The van der Waals surface area contributed by atoms with Gasteiger partial charge in [0.25, 0.3) is 0 Å². The number of hydrogen-bond acceptors (Lipinski definition) is 8. The van der Waals surface area contributed by atoms with Gasteiger partial charge in [-0.1, -0.05) is 12.1 Å². The third kappa shape index (κ3) is 3.23. The topological polar surface area (TPSA) is 123 Å². The zero-order valence-electron chi connectivity index (χ0n) is 11.8. The minimum atomic E-state index is -0.0948. The van der Waals surface area contributed by atoms with Gasteiger partial charge in [0.1, 0.15) is 16.6 Å². The number of rotatable bonds is 5. The fraction of sp³-hybridized carbons (Fsp3) is 0.0714. The lowest BCUT2D eigenvalue weighted by Crippen LogP contribution is -1.95. The van der Waals surface area contributed by atoms with Gasteiger partial charge in [0.05, 0.1) is 12.3 Å². The summed E-state index contributed by atoms with van der Waals surface area (Å²) in [5.74, 6) is 0.217. The Labute approximate surface area is 135 Å². The van der Waals surface area contributed by atoms with E-state index in [-0.39, 0.29) is 18.0 Å². The number of anilines is 1. The Morgan fingerprint density at radius 1 is 1.43 bits per heavy atom. The van der Waals surface area contributed by atoms with Crippen molar-refractivity contribution in [3.8, 4) is 16.6 Å². The smallest absolute Gasteiger partial charge is 0.216 e. The van der Waals surface area contributed by atoms with Crippen LogP contribution < -0.4 is 5.32 Å². The first kappa shape index (κ1) is 14.8. The molecule has 0 spiro atoms. The number of aromatic nitrogens is 5. The second kappa shape index (κ2) is 6.78. The number of aliphatic hydroxyl groups excluding tert-OH is 1. The first-order chi connectivity index (χ1) is 11.3. The fourth-order valence-corrected chi connectivity index (χ4v) is 2.72. The molecule has 2 heterocycles. The third-order valence-electron chi connectivity index (χ3n) is 2.95. The number of tetrazole rings is 1. The highest BCUT2D eigenvalue weighted by Crippen LogP contribution is 2.30. The zero-order chi connectivity index (χ0) is 16.1. The number of allylic oxidation sites excluding steroid dienone is 1. The number of benzene rings is 1. The maximum absolute atomic E-state index is 9.18. The Morgan fingerprint density at radius 3 is 3.00 bits per heavy atom. The normalized spacial score (nSPS) is 11.2. The molecular weight excluding hydrogens is 314 g/mol. The predicted octanol–water partition coefficient (Wildman–Crippen LogP) is 1.79.